The minimum absolute atomic E-state index is 0.280. The molecule has 2 heterocycles. The van der Waals surface area contributed by atoms with Crippen molar-refractivity contribution in [3.63, 3.8) is 0 Å². The lowest BCUT2D eigenvalue weighted by Crippen LogP contribution is -2.21. The molecule has 320 valence electrons. The molecule has 68 heavy (non-hydrogen) atoms. The van der Waals surface area contributed by atoms with Crippen molar-refractivity contribution in [3.05, 3.63) is 229 Å². The van der Waals surface area contributed by atoms with Crippen LogP contribution in [0, 0.1) is 0 Å². The largest absolute Gasteiger partial charge is 0.386 e. The van der Waals surface area contributed by atoms with E-state index in [-0.39, 0.29) is 11.1 Å². The van der Waals surface area contributed by atoms with Crippen LogP contribution in [0.5, 0.6) is 0 Å². The van der Waals surface area contributed by atoms with E-state index >= 15 is 0 Å². The molecule has 0 bridgehead atoms. The molecule has 13 rings (SSSR count). The van der Waals surface area contributed by atoms with Crippen LogP contribution in [-0.4, -0.2) is 23.9 Å². The van der Waals surface area contributed by atoms with Crippen LogP contribution in [0.3, 0.4) is 0 Å². The highest BCUT2D eigenvalue weighted by molar-refractivity contribution is 6.41. The third-order valence-corrected chi connectivity index (χ3v) is 13.3. The van der Waals surface area contributed by atoms with Crippen molar-refractivity contribution in [2.24, 2.45) is 0 Å². The number of hydrogen-bond donors (Lipinski definition) is 0. The summed E-state index contributed by atoms with van der Waals surface area (Å²) in [4.78, 5) is 59.9. The molecule has 0 aromatic heterocycles. The highest BCUT2D eigenvalue weighted by Gasteiger charge is 2.36. The third kappa shape index (κ3) is 5.87. The SMILES string of the molecule is O=C1OC(=O)c2c(-c3ccc(N(c4ccccc4)c4ccccc4)cc3)cc3c4ccc5c6c(c(-c7ccc(N(c8ccccc8)c8ccccc8)cc7)cc(c7ccc1c2c73)c64)C(=O)OC5=O. The maximum atomic E-state index is 14.1. The van der Waals surface area contributed by atoms with E-state index in [1.165, 1.54) is 0 Å². The predicted molar refractivity (Wildman–Crippen MR) is 267 cm³/mol. The number of rotatable bonds is 8. The second-order valence-electron chi connectivity index (χ2n) is 17.0. The molecule has 0 N–H and O–H groups in total. The van der Waals surface area contributed by atoms with Gasteiger partial charge in [0.25, 0.3) is 0 Å². The average molecular weight is 879 g/mol. The van der Waals surface area contributed by atoms with Crippen molar-refractivity contribution in [3.8, 4) is 22.3 Å². The molecule has 0 fully saturated rings. The Bertz CT molecular complexity index is 3560. The molecule has 11 aromatic rings. The molecule has 0 atom stereocenters. The summed E-state index contributed by atoms with van der Waals surface area (Å²) in [7, 11) is 0. The fourth-order valence-corrected chi connectivity index (χ4v) is 10.4. The fourth-order valence-electron chi connectivity index (χ4n) is 10.4. The standard InChI is InChI=1S/C60H34N2O6/c63-57-45-31-30-44-50-34-48(36-23-27-42(28-24-36)62(39-17-9-3-10-18-39)40-19-11-4-12-20-40)56-54-46(58(64)68-60(56)66)32-29-43(52(50)54)49-33-47(55(59(65)67-57)53(45)51(44)49)35-21-25-41(26-22-35)61(37-13-5-1-6-14-37)38-15-7-2-8-16-38/h1-34H. The van der Waals surface area contributed by atoms with Gasteiger partial charge in [-0.1, -0.05) is 109 Å². The quantitative estimate of drug-likeness (QED) is 0.0645. The maximum absolute atomic E-state index is 14.1. The van der Waals surface area contributed by atoms with Crippen molar-refractivity contribution >= 4 is 101 Å². The van der Waals surface area contributed by atoms with Crippen LogP contribution in [0.4, 0.5) is 34.1 Å². The second kappa shape index (κ2) is 15.1. The van der Waals surface area contributed by atoms with E-state index < -0.39 is 23.9 Å². The zero-order valence-corrected chi connectivity index (χ0v) is 36.0. The third-order valence-electron chi connectivity index (χ3n) is 13.3. The Kier molecular flexibility index (Phi) is 8.65. The van der Waals surface area contributed by atoms with Crippen LogP contribution in [-0.2, 0) is 9.47 Å². The summed E-state index contributed by atoms with van der Waals surface area (Å²) < 4.78 is 10.9. The minimum atomic E-state index is -0.731. The first-order valence-corrected chi connectivity index (χ1v) is 22.2. The molecular formula is C60H34N2O6. The number of fused-ring (bicyclic) bond motifs is 2. The van der Waals surface area contributed by atoms with Crippen LogP contribution >= 0.6 is 0 Å². The molecule has 8 heteroatoms. The zero-order valence-electron chi connectivity index (χ0n) is 36.0. The lowest BCUT2D eigenvalue weighted by atomic mass is 9.80. The number of cyclic esters (lactones) is 4. The van der Waals surface area contributed by atoms with E-state index in [1.54, 1.807) is 12.1 Å². The molecule has 0 radical (unpaired) electrons. The van der Waals surface area contributed by atoms with Crippen molar-refractivity contribution in [2.45, 2.75) is 0 Å². The Morgan fingerprint density at radius 3 is 0.897 bits per heavy atom. The fraction of sp³-hybridized carbons (Fsp3) is 0. The summed E-state index contributed by atoms with van der Waals surface area (Å²) in [6, 6.07) is 67.4. The smallest absolute Gasteiger partial charge is 0.347 e. The Morgan fingerprint density at radius 1 is 0.265 bits per heavy atom. The van der Waals surface area contributed by atoms with Gasteiger partial charge in [-0.3, -0.25) is 0 Å². The van der Waals surface area contributed by atoms with Gasteiger partial charge in [0.2, 0.25) is 0 Å². The second-order valence-corrected chi connectivity index (χ2v) is 17.0. The van der Waals surface area contributed by atoms with Crippen molar-refractivity contribution < 1.29 is 28.7 Å². The molecular weight excluding hydrogens is 845 g/mol. The van der Waals surface area contributed by atoms with Crippen LogP contribution in [0.15, 0.2) is 206 Å². The van der Waals surface area contributed by atoms with Gasteiger partial charge in [-0.25, -0.2) is 19.2 Å². The Morgan fingerprint density at radius 2 is 0.574 bits per heavy atom. The van der Waals surface area contributed by atoms with E-state index in [0.717, 1.165) is 66.8 Å². The van der Waals surface area contributed by atoms with Crippen LogP contribution in [0.1, 0.15) is 41.4 Å². The summed E-state index contributed by atoms with van der Waals surface area (Å²) in [5.74, 6) is -2.91. The van der Waals surface area contributed by atoms with Gasteiger partial charge >= 0.3 is 23.9 Å². The molecule has 2 aliphatic heterocycles. The molecule has 2 aliphatic rings. The summed E-state index contributed by atoms with van der Waals surface area (Å²) in [6.45, 7) is 0. The number of para-hydroxylation sites is 4. The first-order chi connectivity index (χ1) is 33.4. The molecule has 8 nitrogen and oxygen atoms in total. The Hall–Kier alpha value is -9.40. The molecule has 0 saturated carbocycles. The lowest BCUT2D eigenvalue weighted by Gasteiger charge is -2.27. The lowest BCUT2D eigenvalue weighted by molar-refractivity contribution is 0.0373. The maximum Gasteiger partial charge on any atom is 0.347 e. The van der Waals surface area contributed by atoms with Crippen LogP contribution in [0.2, 0.25) is 0 Å². The Balaban J connectivity index is 1.03. The van der Waals surface area contributed by atoms with E-state index in [2.05, 4.69) is 58.3 Å². The van der Waals surface area contributed by atoms with Crippen LogP contribution in [0.25, 0.3) is 65.3 Å². The van der Waals surface area contributed by atoms with Gasteiger partial charge in [0.05, 0.1) is 22.3 Å². The van der Waals surface area contributed by atoms with Gasteiger partial charge in [0.15, 0.2) is 0 Å². The van der Waals surface area contributed by atoms with Crippen molar-refractivity contribution in [1.82, 2.24) is 0 Å². The summed E-state index contributed by atoms with van der Waals surface area (Å²) >= 11 is 0. The van der Waals surface area contributed by atoms with E-state index in [0.29, 0.717) is 43.8 Å². The van der Waals surface area contributed by atoms with Gasteiger partial charge in [-0.05, 0) is 152 Å². The first-order valence-electron chi connectivity index (χ1n) is 22.2. The van der Waals surface area contributed by atoms with Crippen molar-refractivity contribution in [2.75, 3.05) is 9.80 Å². The van der Waals surface area contributed by atoms with Gasteiger partial charge in [-0.15, -0.1) is 0 Å². The molecule has 11 aromatic carbocycles. The van der Waals surface area contributed by atoms with Gasteiger partial charge in [0, 0.05) is 44.9 Å². The number of esters is 4. The zero-order chi connectivity index (χ0) is 45.6. The number of ether oxygens (including phenoxy) is 2. The number of carbonyl (C=O) groups excluding carboxylic acids is 4. The van der Waals surface area contributed by atoms with Crippen molar-refractivity contribution in [1.29, 1.82) is 0 Å². The average Bonchev–Trinajstić information content (AvgIpc) is 3.38. The van der Waals surface area contributed by atoms with Gasteiger partial charge < -0.3 is 19.3 Å². The minimum Gasteiger partial charge on any atom is -0.386 e. The number of hydrogen-bond acceptors (Lipinski definition) is 8. The molecule has 0 spiro atoms. The first kappa shape index (κ1) is 39.0. The molecule has 0 aliphatic carbocycles. The topological polar surface area (TPSA) is 93.2 Å². The highest BCUT2D eigenvalue weighted by atomic mass is 16.6. The Labute approximate surface area is 388 Å². The summed E-state index contributed by atoms with van der Waals surface area (Å²) in [5, 5.41) is 5.45. The summed E-state index contributed by atoms with van der Waals surface area (Å²) in [6.07, 6.45) is 0. The van der Waals surface area contributed by atoms with E-state index in [1.807, 2.05) is 146 Å². The summed E-state index contributed by atoms with van der Waals surface area (Å²) in [5.41, 5.74) is 9.53. The number of carbonyl (C=O) groups is 4. The number of benzene rings is 11. The highest BCUT2D eigenvalue weighted by Crippen LogP contribution is 2.50. The monoisotopic (exact) mass is 878 g/mol. The van der Waals surface area contributed by atoms with Gasteiger partial charge in [0.1, 0.15) is 0 Å². The molecule has 0 saturated heterocycles. The number of anilines is 6. The van der Waals surface area contributed by atoms with E-state index in [4.69, 9.17) is 9.47 Å². The molecule has 0 amide bonds. The van der Waals surface area contributed by atoms with E-state index in [9.17, 15) is 19.2 Å². The predicted octanol–water partition coefficient (Wildman–Crippen LogP) is 14.6. The van der Waals surface area contributed by atoms with Crippen LogP contribution < -0.4 is 9.80 Å². The normalized spacial score (nSPS) is 13.1. The number of nitrogens with zero attached hydrogens (tertiary/aromatic N) is 2. The van der Waals surface area contributed by atoms with Gasteiger partial charge in [-0.2, -0.15) is 0 Å². The molecule has 0 unspecified atom stereocenters.